The second kappa shape index (κ2) is 6.59. The summed E-state index contributed by atoms with van der Waals surface area (Å²) in [6.45, 7) is 2.49. The van der Waals surface area contributed by atoms with Crippen LogP contribution < -0.4 is 5.32 Å². The van der Waals surface area contributed by atoms with Gasteiger partial charge in [0, 0.05) is 31.4 Å². The lowest BCUT2D eigenvalue weighted by Gasteiger charge is -2.20. The van der Waals surface area contributed by atoms with E-state index < -0.39 is 0 Å². The Kier molecular flexibility index (Phi) is 4.79. The molecule has 1 fully saturated rings. The molecule has 1 aromatic heterocycles. The van der Waals surface area contributed by atoms with Gasteiger partial charge < -0.3 is 10.2 Å². The molecule has 0 bridgehead atoms. The van der Waals surface area contributed by atoms with Crippen molar-refractivity contribution in [2.24, 2.45) is 0 Å². The van der Waals surface area contributed by atoms with Crippen molar-refractivity contribution in [1.29, 1.82) is 0 Å². The topological polar surface area (TPSA) is 45.2 Å². The Morgan fingerprint density at radius 2 is 2.12 bits per heavy atom. The average Bonchev–Trinajstić information content (AvgIpc) is 2.69. The van der Waals surface area contributed by atoms with Gasteiger partial charge in [0.1, 0.15) is 0 Å². The monoisotopic (exact) mass is 253 g/mol. The molecule has 1 aliphatic rings. The first-order valence-corrected chi connectivity index (χ1v) is 7.20. The molecule has 1 N–H and O–H groups in total. The van der Waals surface area contributed by atoms with Crippen LogP contribution in [0.5, 0.6) is 0 Å². The van der Waals surface area contributed by atoms with Crippen molar-refractivity contribution in [2.75, 3.05) is 19.6 Å². The molecule has 0 saturated carbocycles. The largest absolute Gasteiger partial charge is 0.338 e. The van der Waals surface area contributed by atoms with Crippen molar-refractivity contribution in [3.63, 3.8) is 0 Å². The molecule has 0 atom stereocenters. The second-order valence-corrected chi connectivity index (χ2v) is 5.08. The van der Waals surface area contributed by atoms with Crippen LogP contribution in [0.1, 0.15) is 31.4 Å². The van der Waals surface area contributed by atoms with Crippen LogP contribution in [-0.4, -0.2) is 35.5 Å². The van der Waals surface area contributed by atoms with Crippen molar-refractivity contribution in [3.05, 3.63) is 16.6 Å². The number of likely N-dealkylation sites (tertiary alicyclic amines) is 1. The molecule has 2 amide bonds. The van der Waals surface area contributed by atoms with Gasteiger partial charge in [0.25, 0.3) is 0 Å². The third kappa shape index (κ3) is 4.00. The first-order valence-electron chi connectivity index (χ1n) is 6.26. The minimum absolute atomic E-state index is 0.0853. The molecule has 17 heavy (non-hydrogen) atoms. The van der Waals surface area contributed by atoms with Gasteiger partial charge in [-0.1, -0.05) is 12.8 Å². The minimum atomic E-state index is 0.0853. The van der Waals surface area contributed by atoms with E-state index >= 15 is 0 Å². The minimum Gasteiger partial charge on any atom is -0.338 e. The van der Waals surface area contributed by atoms with E-state index in [-0.39, 0.29) is 6.03 Å². The lowest BCUT2D eigenvalue weighted by Crippen LogP contribution is -2.41. The summed E-state index contributed by atoms with van der Waals surface area (Å²) in [5.41, 5.74) is 2.89. The predicted molar refractivity (Wildman–Crippen MR) is 69.3 cm³/mol. The summed E-state index contributed by atoms with van der Waals surface area (Å²) >= 11 is 1.60. The van der Waals surface area contributed by atoms with Crippen molar-refractivity contribution in [3.8, 4) is 0 Å². The standard InChI is InChI=1S/C12H19N3OS/c16-12(15-7-3-1-2-4-8-15)13-6-5-11-9-17-10-14-11/h9-10H,1-8H2,(H,13,16). The SMILES string of the molecule is O=C(NCCc1cscn1)N1CCCCCC1. The number of carbonyl (C=O) groups excluding carboxylic acids is 1. The maximum atomic E-state index is 11.9. The van der Waals surface area contributed by atoms with Crippen LogP contribution >= 0.6 is 11.3 Å². The summed E-state index contributed by atoms with van der Waals surface area (Å²) in [4.78, 5) is 18.0. The highest BCUT2D eigenvalue weighted by Gasteiger charge is 2.14. The summed E-state index contributed by atoms with van der Waals surface area (Å²) < 4.78 is 0. The summed E-state index contributed by atoms with van der Waals surface area (Å²) in [7, 11) is 0. The Balaban J connectivity index is 1.69. The highest BCUT2D eigenvalue weighted by Crippen LogP contribution is 2.09. The number of nitrogens with one attached hydrogen (secondary N) is 1. The summed E-state index contributed by atoms with van der Waals surface area (Å²) in [5.74, 6) is 0. The molecule has 0 aliphatic carbocycles. The van der Waals surface area contributed by atoms with E-state index in [1.165, 1.54) is 12.8 Å². The number of rotatable bonds is 3. The number of urea groups is 1. The van der Waals surface area contributed by atoms with E-state index in [9.17, 15) is 4.79 Å². The molecular weight excluding hydrogens is 234 g/mol. The van der Waals surface area contributed by atoms with Gasteiger partial charge in [-0.2, -0.15) is 0 Å². The number of amides is 2. The smallest absolute Gasteiger partial charge is 0.317 e. The average molecular weight is 253 g/mol. The molecule has 5 heteroatoms. The van der Waals surface area contributed by atoms with Crippen LogP contribution in [0, 0.1) is 0 Å². The van der Waals surface area contributed by atoms with Crippen LogP contribution in [0.2, 0.25) is 0 Å². The molecule has 4 nitrogen and oxygen atoms in total. The van der Waals surface area contributed by atoms with E-state index in [2.05, 4.69) is 10.3 Å². The first kappa shape index (κ1) is 12.4. The van der Waals surface area contributed by atoms with Crippen molar-refractivity contribution in [2.45, 2.75) is 32.1 Å². The zero-order valence-corrected chi connectivity index (χ0v) is 10.8. The first-order chi connectivity index (χ1) is 8.36. The Morgan fingerprint density at radius 3 is 2.76 bits per heavy atom. The Bertz CT molecular complexity index is 332. The molecule has 2 rings (SSSR count). The number of aromatic nitrogens is 1. The van der Waals surface area contributed by atoms with Gasteiger partial charge >= 0.3 is 6.03 Å². The van der Waals surface area contributed by atoms with Gasteiger partial charge in [0.15, 0.2) is 0 Å². The predicted octanol–water partition coefficient (Wildman–Crippen LogP) is 2.27. The van der Waals surface area contributed by atoms with Crippen molar-refractivity contribution in [1.82, 2.24) is 15.2 Å². The van der Waals surface area contributed by atoms with Gasteiger partial charge in [-0.15, -0.1) is 11.3 Å². The highest BCUT2D eigenvalue weighted by molar-refractivity contribution is 7.07. The van der Waals surface area contributed by atoms with Crippen molar-refractivity contribution < 1.29 is 4.79 Å². The van der Waals surface area contributed by atoms with E-state index in [0.29, 0.717) is 6.54 Å². The maximum Gasteiger partial charge on any atom is 0.317 e. The number of carbonyl (C=O) groups is 1. The normalized spacial score (nSPS) is 16.6. The van der Waals surface area contributed by atoms with Gasteiger partial charge in [0.05, 0.1) is 11.2 Å². The fourth-order valence-electron chi connectivity index (χ4n) is 2.04. The molecule has 0 aromatic carbocycles. The van der Waals surface area contributed by atoms with Crippen LogP contribution in [0.25, 0.3) is 0 Å². The number of thiazole rings is 1. The Labute approximate surface area is 106 Å². The quantitative estimate of drug-likeness (QED) is 0.898. The summed E-state index contributed by atoms with van der Waals surface area (Å²) in [5, 5.41) is 5.00. The third-order valence-corrected chi connectivity index (χ3v) is 3.67. The van der Waals surface area contributed by atoms with E-state index in [4.69, 9.17) is 0 Å². The van der Waals surface area contributed by atoms with Crippen molar-refractivity contribution >= 4 is 17.4 Å². The van der Waals surface area contributed by atoms with Crippen LogP contribution in [0.3, 0.4) is 0 Å². The number of hydrogen-bond donors (Lipinski definition) is 1. The zero-order chi connectivity index (χ0) is 11.9. The molecule has 1 aromatic rings. The second-order valence-electron chi connectivity index (χ2n) is 4.36. The highest BCUT2D eigenvalue weighted by atomic mass is 32.1. The number of hydrogen-bond acceptors (Lipinski definition) is 3. The molecule has 1 aliphatic heterocycles. The molecule has 2 heterocycles. The van der Waals surface area contributed by atoms with Gasteiger partial charge in [0.2, 0.25) is 0 Å². The van der Waals surface area contributed by atoms with Crippen LogP contribution in [0.15, 0.2) is 10.9 Å². The molecule has 0 spiro atoms. The summed E-state index contributed by atoms with van der Waals surface area (Å²) in [6.07, 6.45) is 5.60. The molecular formula is C12H19N3OS. The maximum absolute atomic E-state index is 11.9. The third-order valence-electron chi connectivity index (χ3n) is 3.03. The molecule has 0 unspecified atom stereocenters. The van der Waals surface area contributed by atoms with Gasteiger partial charge in [-0.05, 0) is 12.8 Å². The zero-order valence-electron chi connectivity index (χ0n) is 10.0. The number of nitrogens with zero attached hydrogens (tertiary/aromatic N) is 2. The fraction of sp³-hybridized carbons (Fsp3) is 0.667. The Morgan fingerprint density at radius 1 is 1.35 bits per heavy atom. The molecule has 1 saturated heterocycles. The Hall–Kier alpha value is -1.10. The van der Waals surface area contributed by atoms with E-state index in [1.54, 1.807) is 11.3 Å². The fourth-order valence-corrected chi connectivity index (χ4v) is 2.64. The van der Waals surface area contributed by atoms with Gasteiger partial charge in [-0.25, -0.2) is 9.78 Å². The lowest BCUT2D eigenvalue weighted by molar-refractivity contribution is 0.200. The lowest BCUT2D eigenvalue weighted by atomic mass is 10.2. The van der Waals surface area contributed by atoms with E-state index in [0.717, 1.165) is 38.0 Å². The molecule has 0 radical (unpaired) electrons. The molecule has 94 valence electrons. The summed E-state index contributed by atoms with van der Waals surface area (Å²) in [6, 6.07) is 0.0853. The van der Waals surface area contributed by atoms with E-state index in [1.807, 2.05) is 15.8 Å². The van der Waals surface area contributed by atoms with Crippen LogP contribution in [0.4, 0.5) is 4.79 Å². The van der Waals surface area contributed by atoms with Crippen LogP contribution in [-0.2, 0) is 6.42 Å². The van der Waals surface area contributed by atoms with Gasteiger partial charge in [-0.3, -0.25) is 0 Å².